The second-order valence-electron chi connectivity index (χ2n) is 4.39. The third-order valence-corrected chi connectivity index (χ3v) is 2.87. The van der Waals surface area contributed by atoms with E-state index in [1.54, 1.807) is 0 Å². The Morgan fingerprint density at radius 2 is 2.00 bits per heavy atom. The monoisotopic (exact) mass is 211 g/mol. The first-order chi connectivity index (χ1) is 7.08. The van der Waals surface area contributed by atoms with Crippen molar-refractivity contribution in [1.29, 1.82) is 0 Å². The first-order valence-corrected chi connectivity index (χ1v) is 5.75. The maximum atomic E-state index is 11.5. The average Bonchev–Trinajstić information content (AvgIpc) is 2.41. The molecule has 1 amide bonds. The van der Waals surface area contributed by atoms with Gasteiger partial charge in [-0.25, -0.2) is 4.99 Å². The van der Waals surface area contributed by atoms with Crippen LogP contribution in [0.2, 0.25) is 0 Å². The fourth-order valence-corrected chi connectivity index (χ4v) is 1.84. The van der Waals surface area contributed by atoms with Gasteiger partial charge in [0.25, 0.3) is 5.91 Å². The molecule has 1 aliphatic rings. The van der Waals surface area contributed by atoms with Crippen molar-refractivity contribution >= 4 is 11.9 Å². The number of carbonyl (C=O) groups is 1. The van der Waals surface area contributed by atoms with Crippen molar-refractivity contribution in [2.75, 3.05) is 0 Å². The van der Waals surface area contributed by atoms with Gasteiger partial charge in [-0.15, -0.1) is 0 Å². The van der Waals surface area contributed by atoms with Crippen LogP contribution in [0.15, 0.2) is 4.99 Å². The molecule has 0 aromatic carbocycles. The van der Waals surface area contributed by atoms with Gasteiger partial charge in [0, 0.05) is 0 Å². The number of carbonyl (C=O) groups excluding carboxylic acids is 1. The predicted molar refractivity (Wildman–Crippen MR) is 61.5 cm³/mol. The minimum Gasteiger partial charge on any atom is -0.370 e. The number of hydrogen-bond donors (Lipinski definition) is 2. The number of unbranched alkanes of at least 4 members (excludes halogenated alkanes) is 4. The summed E-state index contributed by atoms with van der Waals surface area (Å²) in [5, 5.41) is 2.55. The number of nitrogens with two attached hydrogens (primary N) is 1. The van der Waals surface area contributed by atoms with Gasteiger partial charge in [0.05, 0.1) is 0 Å². The summed E-state index contributed by atoms with van der Waals surface area (Å²) in [6.45, 7) is 4.04. The summed E-state index contributed by atoms with van der Waals surface area (Å²) in [7, 11) is 0. The molecule has 15 heavy (non-hydrogen) atoms. The summed E-state index contributed by atoms with van der Waals surface area (Å²) in [5.74, 6) is 0.201. The molecule has 4 nitrogen and oxygen atoms in total. The van der Waals surface area contributed by atoms with Crippen molar-refractivity contribution in [2.45, 2.75) is 57.9 Å². The molecule has 4 heteroatoms. The highest BCUT2D eigenvalue weighted by Crippen LogP contribution is 2.22. The third-order valence-electron chi connectivity index (χ3n) is 2.87. The summed E-state index contributed by atoms with van der Waals surface area (Å²) >= 11 is 0. The Morgan fingerprint density at radius 1 is 1.33 bits per heavy atom. The highest BCUT2D eigenvalue weighted by atomic mass is 16.2. The largest absolute Gasteiger partial charge is 0.370 e. The molecule has 0 bridgehead atoms. The van der Waals surface area contributed by atoms with Crippen molar-refractivity contribution in [3.63, 3.8) is 0 Å². The van der Waals surface area contributed by atoms with Crippen LogP contribution in [0.5, 0.6) is 0 Å². The minimum atomic E-state index is -0.615. The summed E-state index contributed by atoms with van der Waals surface area (Å²) in [6, 6.07) is 0. The lowest BCUT2D eigenvalue weighted by Gasteiger charge is -2.16. The van der Waals surface area contributed by atoms with Gasteiger partial charge in [0.1, 0.15) is 5.54 Å². The van der Waals surface area contributed by atoms with Gasteiger partial charge in [-0.05, 0) is 13.3 Å². The Hall–Kier alpha value is -1.06. The van der Waals surface area contributed by atoms with Crippen LogP contribution in [0.3, 0.4) is 0 Å². The maximum Gasteiger partial charge on any atom is 0.254 e. The number of nitrogens with one attached hydrogen (secondary N) is 1. The molecule has 0 saturated heterocycles. The van der Waals surface area contributed by atoms with Crippen molar-refractivity contribution in [1.82, 2.24) is 5.32 Å². The SMILES string of the molecule is CCCCCCCC1(C)N=C(N)NC1=O. The molecular weight excluding hydrogens is 190 g/mol. The molecule has 0 aliphatic carbocycles. The van der Waals surface area contributed by atoms with E-state index < -0.39 is 5.54 Å². The van der Waals surface area contributed by atoms with E-state index in [9.17, 15) is 4.79 Å². The Labute approximate surface area is 91.3 Å². The fourth-order valence-electron chi connectivity index (χ4n) is 1.84. The number of rotatable bonds is 6. The molecule has 1 rings (SSSR count). The smallest absolute Gasteiger partial charge is 0.254 e. The normalized spacial score (nSPS) is 25.2. The average molecular weight is 211 g/mol. The fraction of sp³-hybridized carbons (Fsp3) is 0.818. The zero-order valence-electron chi connectivity index (χ0n) is 9.68. The molecule has 0 fully saturated rings. The van der Waals surface area contributed by atoms with Crippen LogP contribution in [-0.4, -0.2) is 17.4 Å². The molecular formula is C11H21N3O. The number of guanidine groups is 1. The lowest BCUT2D eigenvalue weighted by Crippen LogP contribution is -2.38. The topological polar surface area (TPSA) is 67.5 Å². The van der Waals surface area contributed by atoms with E-state index >= 15 is 0 Å². The van der Waals surface area contributed by atoms with Crippen LogP contribution < -0.4 is 11.1 Å². The van der Waals surface area contributed by atoms with Gasteiger partial charge in [-0.3, -0.25) is 10.1 Å². The van der Waals surface area contributed by atoms with Crippen molar-refractivity contribution < 1.29 is 4.79 Å². The molecule has 1 atom stereocenters. The first kappa shape index (κ1) is 12.0. The van der Waals surface area contributed by atoms with E-state index in [0.29, 0.717) is 0 Å². The Kier molecular flexibility index (Phi) is 4.12. The van der Waals surface area contributed by atoms with Crippen LogP contribution >= 0.6 is 0 Å². The van der Waals surface area contributed by atoms with Crippen LogP contribution in [0.25, 0.3) is 0 Å². The van der Waals surface area contributed by atoms with Crippen LogP contribution in [0, 0.1) is 0 Å². The third kappa shape index (κ3) is 3.22. The summed E-state index contributed by atoms with van der Waals surface area (Å²) in [6.07, 6.45) is 6.76. The molecule has 1 unspecified atom stereocenters. The maximum absolute atomic E-state index is 11.5. The van der Waals surface area contributed by atoms with Crippen molar-refractivity contribution in [3.8, 4) is 0 Å². The zero-order valence-corrected chi connectivity index (χ0v) is 9.68. The van der Waals surface area contributed by atoms with Gasteiger partial charge in [0.15, 0.2) is 5.96 Å². The predicted octanol–water partition coefficient (Wildman–Crippen LogP) is 1.55. The Morgan fingerprint density at radius 3 is 2.53 bits per heavy atom. The van der Waals surface area contributed by atoms with E-state index in [1.165, 1.54) is 25.7 Å². The van der Waals surface area contributed by atoms with Crippen molar-refractivity contribution in [2.24, 2.45) is 10.7 Å². The van der Waals surface area contributed by atoms with E-state index in [2.05, 4.69) is 17.2 Å². The molecule has 0 aromatic rings. The highest BCUT2D eigenvalue weighted by molar-refractivity contribution is 6.06. The number of nitrogens with zero attached hydrogens (tertiary/aromatic N) is 1. The lowest BCUT2D eigenvalue weighted by molar-refractivity contribution is -0.123. The number of hydrogen-bond acceptors (Lipinski definition) is 3. The van der Waals surface area contributed by atoms with E-state index in [4.69, 9.17) is 5.73 Å². The first-order valence-electron chi connectivity index (χ1n) is 5.75. The number of amides is 1. The molecule has 0 spiro atoms. The van der Waals surface area contributed by atoms with Crippen LogP contribution in [-0.2, 0) is 4.79 Å². The second kappa shape index (κ2) is 5.14. The van der Waals surface area contributed by atoms with Crippen LogP contribution in [0.4, 0.5) is 0 Å². The second-order valence-corrected chi connectivity index (χ2v) is 4.39. The summed E-state index contributed by atoms with van der Waals surface area (Å²) in [4.78, 5) is 15.7. The standard InChI is InChI=1S/C11H21N3O/c1-3-4-5-6-7-8-11(2)9(15)13-10(12)14-11/h3-8H2,1-2H3,(H3,12,13,14,15). The molecule has 86 valence electrons. The van der Waals surface area contributed by atoms with E-state index in [-0.39, 0.29) is 11.9 Å². The molecule has 0 saturated carbocycles. The molecule has 1 heterocycles. The number of aliphatic imine (C=N–C) groups is 1. The van der Waals surface area contributed by atoms with Gasteiger partial charge in [0.2, 0.25) is 0 Å². The van der Waals surface area contributed by atoms with E-state index in [1.807, 2.05) is 6.92 Å². The minimum absolute atomic E-state index is 0.0597. The van der Waals surface area contributed by atoms with Gasteiger partial charge in [-0.2, -0.15) is 0 Å². The molecule has 0 aromatic heterocycles. The lowest BCUT2D eigenvalue weighted by atomic mass is 9.94. The summed E-state index contributed by atoms with van der Waals surface area (Å²) < 4.78 is 0. The molecule has 1 aliphatic heterocycles. The quantitative estimate of drug-likeness (QED) is 0.654. The molecule has 0 radical (unpaired) electrons. The highest BCUT2D eigenvalue weighted by Gasteiger charge is 2.37. The van der Waals surface area contributed by atoms with Crippen LogP contribution in [0.1, 0.15) is 52.4 Å². The van der Waals surface area contributed by atoms with Crippen molar-refractivity contribution in [3.05, 3.63) is 0 Å². The van der Waals surface area contributed by atoms with Gasteiger partial charge >= 0.3 is 0 Å². The summed E-state index contributed by atoms with van der Waals surface area (Å²) in [5.41, 5.74) is 4.86. The Balaban J connectivity index is 2.28. The van der Waals surface area contributed by atoms with Gasteiger partial charge < -0.3 is 5.73 Å². The molecule has 3 N–H and O–H groups in total. The van der Waals surface area contributed by atoms with Gasteiger partial charge in [-0.1, -0.05) is 39.0 Å². The van der Waals surface area contributed by atoms with E-state index in [0.717, 1.165) is 12.8 Å². The zero-order chi connectivity index (χ0) is 11.3. The Bertz CT molecular complexity index is 263.